The number of nitrogen functional groups attached to an aromatic ring is 1. The number of nitrogens with two attached hydrogens (primary N) is 1. The lowest BCUT2D eigenvalue weighted by Crippen LogP contribution is -2.31. The van der Waals surface area contributed by atoms with E-state index in [1.165, 1.54) is 23.2 Å². The van der Waals surface area contributed by atoms with Gasteiger partial charge < -0.3 is 5.73 Å². The summed E-state index contributed by atoms with van der Waals surface area (Å²) in [5.41, 5.74) is 5.61. The molecule has 88 valence electrons. The molecule has 0 fully saturated rings. The van der Waals surface area contributed by atoms with E-state index in [-0.39, 0.29) is 12.1 Å². The highest BCUT2D eigenvalue weighted by Gasteiger charge is 2.02. The second-order valence-corrected chi connectivity index (χ2v) is 3.63. The fourth-order valence-corrected chi connectivity index (χ4v) is 1.36. The molecule has 0 spiro atoms. The second kappa shape index (κ2) is 4.20. The lowest BCUT2D eigenvalue weighted by Gasteiger charge is -2.04. The predicted molar refractivity (Wildman–Crippen MR) is 61.6 cm³/mol. The predicted octanol–water partition coefficient (Wildman–Crippen LogP) is -0.734. The van der Waals surface area contributed by atoms with Crippen LogP contribution in [0.1, 0.15) is 11.3 Å². The molecule has 0 saturated carbocycles. The summed E-state index contributed by atoms with van der Waals surface area (Å²) >= 11 is 0. The number of rotatable bonds is 2. The molecule has 0 radical (unpaired) electrons. The van der Waals surface area contributed by atoms with Crippen LogP contribution < -0.4 is 17.0 Å². The first kappa shape index (κ1) is 11.1. The summed E-state index contributed by atoms with van der Waals surface area (Å²) < 4.78 is 1.36. The van der Waals surface area contributed by atoms with Crippen LogP contribution in [0.15, 0.2) is 28.2 Å². The van der Waals surface area contributed by atoms with Gasteiger partial charge in [0.25, 0.3) is 5.56 Å². The third kappa shape index (κ3) is 2.39. The van der Waals surface area contributed by atoms with Crippen molar-refractivity contribution in [1.29, 1.82) is 0 Å². The van der Waals surface area contributed by atoms with E-state index >= 15 is 0 Å². The molecule has 17 heavy (non-hydrogen) atoms. The van der Waals surface area contributed by atoms with Crippen LogP contribution in [0.3, 0.4) is 0 Å². The van der Waals surface area contributed by atoms with Crippen LogP contribution >= 0.6 is 0 Å². The number of hydrogen-bond donors (Lipinski definition) is 2. The van der Waals surface area contributed by atoms with E-state index in [2.05, 4.69) is 15.0 Å². The number of aryl methyl sites for hydroxylation is 1. The average Bonchev–Trinajstić information content (AvgIpc) is 2.29. The summed E-state index contributed by atoms with van der Waals surface area (Å²) in [6.07, 6.45) is 4.39. The Morgan fingerprint density at radius 2 is 2.12 bits per heavy atom. The Morgan fingerprint density at radius 1 is 1.35 bits per heavy atom. The number of nitrogens with zero attached hydrogens (tertiary/aromatic N) is 3. The summed E-state index contributed by atoms with van der Waals surface area (Å²) in [5, 5.41) is 0. The van der Waals surface area contributed by atoms with Gasteiger partial charge in [-0.25, -0.2) is 9.78 Å². The third-order valence-electron chi connectivity index (χ3n) is 2.25. The summed E-state index contributed by atoms with van der Waals surface area (Å²) in [5.74, 6) is 0.318. The number of H-pyrrole nitrogens is 1. The Kier molecular flexibility index (Phi) is 2.73. The zero-order valence-electron chi connectivity index (χ0n) is 9.17. The van der Waals surface area contributed by atoms with Crippen LogP contribution in [-0.2, 0) is 6.54 Å². The topological polar surface area (TPSA) is 107 Å². The second-order valence-electron chi connectivity index (χ2n) is 3.63. The molecule has 0 unspecified atom stereocenters. The smallest absolute Gasteiger partial charge is 0.328 e. The van der Waals surface area contributed by atoms with Crippen molar-refractivity contribution in [3.05, 3.63) is 50.7 Å². The minimum absolute atomic E-state index is 0.240. The van der Waals surface area contributed by atoms with Gasteiger partial charge in [-0.05, 0) is 6.92 Å². The molecule has 2 rings (SSSR count). The number of hydrogen-bond acceptors (Lipinski definition) is 5. The molecule has 3 N–H and O–H groups in total. The zero-order chi connectivity index (χ0) is 12.4. The van der Waals surface area contributed by atoms with Gasteiger partial charge in [0.15, 0.2) is 0 Å². The van der Waals surface area contributed by atoms with Crippen molar-refractivity contribution in [3.8, 4) is 0 Å². The maximum absolute atomic E-state index is 11.5. The minimum atomic E-state index is -0.473. The van der Waals surface area contributed by atoms with E-state index in [9.17, 15) is 9.59 Å². The highest BCUT2D eigenvalue weighted by Crippen LogP contribution is 1.97. The summed E-state index contributed by atoms with van der Waals surface area (Å²) in [7, 11) is 0. The van der Waals surface area contributed by atoms with E-state index in [0.29, 0.717) is 17.1 Å². The van der Waals surface area contributed by atoms with Crippen molar-refractivity contribution < 1.29 is 0 Å². The van der Waals surface area contributed by atoms with Gasteiger partial charge in [0.1, 0.15) is 5.82 Å². The summed E-state index contributed by atoms with van der Waals surface area (Å²) in [4.78, 5) is 32.8. The fraction of sp³-hybridized carbons (Fsp3) is 0.200. The quantitative estimate of drug-likeness (QED) is 0.710. The van der Waals surface area contributed by atoms with Gasteiger partial charge in [-0.3, -0.25) is 19.3 Å². The van der Waals surface area contributed by atoms with E-state index in [1.807, 2.05) is 0 Å². The van der Waals surface area contributed by atoms with E-state index < -0.39 is 5.69 Å². The highest BCUT2D eigenvalue weighted by atomic mass is 16.2. The van der Waals surface area contributed by atoms with Gasteiger partial charge in [-0.2, -0.15) is 0 Å². The van der Waals surface area contributed by atoms with Crippen molar-refractivity contribution in [2.24, 2.45) is 0 Å². The lowest BCUT2D eigenvalue weighted by atomic mass is 10.3. The largest absolute Gasteiger partial charge is 0.382 e. The Balaban J connectivity index is 2.36. The summed E-state index contributed by atoms with van der Waals surface area (Å²) in [6, 6.07) is 0. The molecule has 0 bridgehead atoms. The van der Waals surface area contributed by atoms with Gasteiger partial charge in [0, 0.05) is 11.8 Å². The first-order valence-electron chi connectivity index (χ1n) is 4.93. The van der Waals surface area contributed by atoms with Crippen LogP contribution in [0.2, 0.25) is 0 Å². The number of anilines is 1. The van der Waals surface area contributed by atoms with Gasteiger partial charge in [-0.15, -0.1) is 0 Å². The molecule has 2 aromatic rings. The molecule has 2 aromatic heterocycles. The molecule has 7 nitrogen and oxygen atoms in total. The SMILES string of the molecule is Cc1cn(Cc2cnc(N)cn2)c(=O)[nH]c1=O. The number of nitrogens with one attached hydrogen (secondary N) is 1. The molecule has 0 aliphatic carbocycles. The van der Waals surface area contributed by atoms with E-state index in [0.717, 1.165) is 0 Å². The molecule has 0 aromatic carbocycles. The number of aromatic nitrogens is 4. The van der Waals surface area contributed by atoms with Gasteiger partial charge in [0.05, 0.1) is 24.6 Å². The standard InChI is InChI=1S/C10H11N5O2/c1-6-4-15(10(17)14-9(6)16)5-7-2-13-8(11)3-12-7/h2-4H,5H2,1H3,(H2,11,13)(H,14,16,17). The van der Waals surface area contributed by atoms with Gasteiger partial charge in [0.2, 0.25) is 0 Å². The normalized spacial score (nSPS) is 10.4. The van der Waals surface area contributed by atoms with Crippen LogP contribution in [-0.4, -0.2) is 19.5 Å². The Hall–Kier alpha value is -2.44. The van der Waals surface area contributed by atoms with Crippen molar-refractivity contribution in [2.45, 2.75) is 13.5 Å². The Morgan fingerprint density at radius 3 is 2.76 bits per heavy atom. The van der Waals surface area contributed by atoms with E-state index in [1.54, 1.807) is 6.92 Å². The van der Waals surface area contributed by atoms with Crippen LogP contribution in [0.4, 0.5) is 5.82 Å². The van der Waals surface area contributed by atoms with Crippen molar-refractivity contribution >= 4 is 5.82 Å². The molecular weight excluding hydrogens is 222 g/mol. The van der Waals surface area contributed by atoms with Crippen molar-refractivity contribution in [3.63, 3.8) is 0 Å². The van der Waals surface area contributed by atoms with Gasteiger partial charge in [-0.1, -0.05) is 0 Å². The maximum Gasteiger partial charge on any atom is 0.328 e. The average molecular weight is 233 g/mol. The number of aromatic amines is 1. The minimum Gasteiger partial charge on any atom is -0.382 e. The molecule has 0 amide bonds. The van der Waals surface area contributed by atoms with Crippen molar-refractivity contribution in [1.82, 2.24) is 19.5 Å². The molecule has 0 aliphatic rings. The molecule has 0 atom stereocenters. The lowest BCUT2D eigenvalue weighted by molar-refractivity contribution is 0.696. The fourth-order valence-electron chi connectivity index (χ4n) is 1.36. The maximum atomic E-state index is 11.5. The van der Waals surface area contributed by atoms with Crippen LogP contribution in [0.5, 0.6) is 0 Å². The third-order valence-corrected chi connectivity index (χ3v) is 2.25. The Bertz CT molecular complexity index is 641. The molecule has 2 heterocycles. The first-order valence-corrected chi connectivity index (χ1v) is 4.93. The molecule has 0 saturated heterocycles. The first-order chi connectivity index (χ1) is 8.06. The zero-order valence-corrected chi connectivity index (χ0v) is 9.17. The van der Waals surface area contributed by atoms with Crippen LogP contribution in [0, 0.1) is 6.92 Å². The molecule has 0 aliphatic heterocycles. The Labute approximate surface area is 96.0 Å². The van der Waals surface area contributed by atoms with Crippen molar-refractivity contribution in [2.75, 3.05) is 5.73 Å². The van der Waals surface area contributed by atoms with Gasteiger partial charge >= 0.3 is 5.69 Å². The van der Waals surface area contributed by atoms with E-state index in [4.69, 9.17) is 5.73 Å². The summed E-state index contributed by atoms with van der Waals surface area (Å²) in [6.45, 7) is 1.87. The monoisotopic (exact) mass is 233 g/mol. The van der Waals surface area contributed by atoms with Crippen LogP contribution in [0.25, 0.3) is 0 Å². The highest BCUT2D eigenvalue weighted by molar-refractivity contribution is 5.22. The molecular formula is C10H11N5O2. The molecule has 7 heteroatoms.